The lowest BCUT2D eigenvalue weighted by Gasteiger charge is -2.32. The van der Waals surface area contributed by atoms with E-state index < -0.39 is 0 Å². The van der Waals surface area contributed by atoms with Gasteiger partial charge in [-0.1, -0.05) is 64.0 Å². The van der Waals surface area contributed by atoms with Gasteiger partial charge in [0.1, 0.15) is 0 Å². The van der Waals surface area contributed by atoms with E-state index in [0.717, 1.165) is 25.8 Å². The van der Waals surface area contributed by atoms with E-state index in [9.17, 15) is 9.90 Å². The number of amides is 1. The monoisotopic (exact) mass is 340 g/mol. The van der Waals surface area contributed by atoms with Gasteiger partial charge in [0.05, 0.1) is 27.2 Å². The van der Waals surface area contributed by atoms with E-state index in [-0.39, 0.29) is 11.7 Å². The lowest BCUT2D eigenvalue weighted by Crippen LogP contribution is -2.44. The fourth-order valence-corrected chi connectivity index (χ4v) is 2.98. The van der Waals surface area contributed by atoms with Crippen molar-refractivity contribution in [2.75, 3.05) is 33.7 Å². The van der Waals surface area contributed by atoms with Gasteiger partial charge in [-0.2, -0.15) is 0 Å². The summed E-state index contributed by atoms with van der Waals surface area (Å²) in [5.74, 6) is 0.130. The molecule has 1 amide bonds. The lowest BCUT2D eigenvalue weighted by molar-refractivity contribution is -0.890. The minimum absolute atomic E-state index is 0.0330. The maximum absolute atomic E-state index is 11.8. The standard InChI is InChI=1S/C20H40N2O2/c1-5-6-7-8-9-10-11-12-13-15-20(24)21-16-14-17-22(3,4)18-19(2)23/h2,5-18H2,1,3-4H3,(H-,21,23,24). The van der Waals surface area contributed by atoms with Crippen molar-refractivity contribution in [3.8, 4) is 0 Å². The van der Waals surface area contributed by atoms with E-state index in [4.69, 9.17) is 0 Å². The lowest BCUT2D eigenvalue weighted by atomic mass is 10.1. The Labute approximate surface area is 149 Å². The summed E-state index contributed by atoms with van der Waals surface area (Å²) in [6.45, 7) is 7.70. The molecule has 0 radical (unpaired) electrons. The number of hydrogen-bond donors (Lipinski definition) is 1. The molecule has 0 unspecified atom stereocenters. The Bertz CT molecular complexity index is 341. The first-order chi connectivity index (χ1) is 11.4. The van der Waals surface area contributed by atoms with Crippen LogP contribution in [0.1, 0.15) is 77.6 Å². The van der Waals surface area contributed by atoms with Crippen LogP contribution in [0.5, 0.6) is 0 Å². The topological polar surface area (TPSA) is 52.2 Å². The van der Waals surface area contributed by atoms with Crippen LogP contribution in [0.4, 0.5) is 0 Å². The third kappa shape index (κ3) is 15.9. The van der Waals surface area contributed by atoms with Gasteiger partial charge in [-0.25, -0.2) is 0 Å². The van der Waals surface area contributed by atoms with Crippen molar-refractivity contribution in [3.63, 3.8) is 0 Å². The summed E-state index contributed by atoms with van der Waals surface area (Å²) in [6, 6.07) is 0. The van der Waals surface area contributed by atoms with Crippen LogP contribution in [0.15, 0.2) is 12.3 Å². The van der Waals surface area contributed by atoms with Crippen molar-refractivity contribution in [1.29, 1.82) is 0 Å². The summed E-state index contributed by atoms with van der Waals surface area (Å²) in [4.78, 5) is 11.8. The number of carbonyl (C=O) groups excluding carboxylic acids is 1. The first-order valence-electron chi connectivity index (χ1n) is 9.81. The van der Waals surface area contributed by atoms with Crippen molar-refractivity contribution >= 4 is 5.91 Å². The highest BCUT2D eigenvalue weighted by molar-refractivity contribution is 5.75. The van der Waals surface area contributed by atoms with Crippen LogP contribution in [0, 0.1) is 0 Å². The molecule has 0 spiro atoms. The van der Waals surface area contributed by atoms with Gasteiger partial charge in [0.2, 0.25) is 5.91 Å². The van der Waals surface area contributed by atoms with Crippen LogP contribution in [-0.4, -0.2) is 44.1 Å². The summed E-state index contributed by atoms with van der Waals surface area (Å²) >= 11 is 0. The van der Waals surface area contributed by atoms with Gasteiger partial charge in [-0.3, -0.25) is 4.79 Å². The first kappa shape index (κ1) is 23.0. The predicted molar refractivity (Wildman–Crippen MR) is 100 cm³/mol. The van der Waals surface area contributed by atoms with Gasteiger partial charge in [-0.15, -0.1) is 6.58 Å². The fraction of sp³-hybridized carbons (Fsp3) is 0.850. The Morgan fingerprint density at radius 1 is 0.958 bits per heavy atom. The number of likely N-dealkylation sites (N-methyl/N-ethyl adjacent to an activating group) is 1. The third-order valence-electron chi connectivity index (χ3n) is 4.37. The van der Waals surface area contributed by atoms with Gasteiger partial charge in [0, 0.05) is 19.4 Å². The Balaban J connectivity index is 3.43. The zero-order valence-electron chi connectivity index (χ0n) is 16.4. The molecule has 0 aliphatic carbocycles. The Morgan fingerprint density at radius 3 is 2.04 bits per heavy atom. The summed E-state index contributed by atoms with van der Waals surface area (Å²) in [5, 5.41) is 14.0. The number of nitrogens with one attached hydrogen (secondary N) is 1. The maximum atomic E-state index is 11.8. The number of rotatable bonds is 16. The van der Waals surface area contributed by atoms with E-state index in [2.05, 4.69) is 18.8 Å². The molecule has 0 aromatic heterocycles. The van der Waals surface area contributed by atoms with Crippen LogP contribution in [0.25, 0.3) is 0 Å². The molecule has 0 heterocycles. The molecule has 0 bridgehead atoms. The highest BCUT2D eigenvalue weighted by Crippen LogP contribution is 2.10. The van der Waals surface area contributed by atoms with E-state index >= 15 is 0 Å². The third-order valence-corrected chi connectivity index (χ3v) is 4.37. The average molecular weight is 341 g/mol. The zero-order chi connectivity index (χ0) is 18.3. The molecule has 0 rings (SSSR count). The number of hydrogen-bond acceptors (Lipinski definition) is 2. The van der Waals surface area contributed by atoms with Crippen LogP contribution in [0.3, 0.4) is 0 Å². The molecule has 4 nitrogen and oxygen atoms in total. The van der Waals surface area contributed by atoms with E-state index in [1.165, 1.54) is 44.9 Å². The highest BCUT2D eigenvalue weighted by atomic mass is 16.3. The number of nitrogens with zero attached hydrogens (tertiary/aromatic N) is 1. The SMILES string of the molecule is C=C([O-])C[N+](C)(C)CCCNC(=O)CCCCCCCCCCC. The Morgan fingerprint density at radius 2 is 1.50 bits per heavy atom. The summed E-state index contributed by atoms with van der Waals surface area (Å²) < 4.78 is 0.635. The zero-order valence-corrected chi connectivity index (χ0v) is 16.4. The number of carbonyl (C=O) groups is 1. The van der Waals surface area contributed by atoms with E-state index in [1.807, 2.05) is 14.1 Å². The Kier molecular flexibility index (Phi) is 13.7. The number of unbranched alkanes of at least 4 members (excludes halogenated alkanes) is 8. The normalized spacial score (nSPS) is 11.5. The van der Waals surface area contributed by atoms with Crippen LogP contribution >= 0.6 is 0 Å². The van der Waals surface area contributed by atoms with Crippen molar-refractivity contribution in [1.82, 2.24) is 5.32 Å². The fourth-order valence-electron chi connectivity index (χ4n) is 2.98. The Hall–Kier alpha value is -1.03. The highest BCUT2D eigenvalue weighted by Gasteiger charge is 2.12. The van der Waals surface area contributed by atoms with Gasteiger partial charge in [0.15, 0.2) is 0 Å². The maximum Gasteiger partial charge on any atom is 0.219 e. The largest absolute Gasteiger partial charge is 0.872 e. The molecule has 4 heteroatoms. The van der Waals surface area contributed by atoms with Gasteiger partial charge in [0.25, 0.3) is 0 Å². The van der Waals surface area contributed by atoms with Crippen LogP contribution in [-0.2, 0) is 4.79 Å². The first-order valence-corrected chi connectivity index (χ1v) is 9.81. The van der Waals surface area contributed by atoms with Crippen LogP contribution < -0.4 is 10.4 Å². The van der Waals surface area contributed by atoms with Gasteiger partial charge < -0.3 is 14.9 Å². The second-order valence-corrected chi connectivity index (χ2v) is 7.64. The molecular weight excluding hydrogens is 300 g/mol. The molecular formula is C20H40N2O2. The van der Waals surface area contributed by atoms with Crippen molar-refractivity contribution < 1.29 is 14.4 Å². The van der Waals surface area contributed by atoms with E-state index in [0.29, 0.717) is 24.0 Å². The quantitative estimate of drug-likeness (QED) is 0.266. The second kappa shape index (κ2) is 14.3. The minimum atomic E-state index is -0.0330. The smallest absolute Gasteiger partial charge is 0.219 e. The number of quaternary nitrogens is 1. The van der Waals surface area contributed by atoms with E-state index in [1.54, 1.807) is 0 Å². The molecule has 0 aromatic rings. The molecule has 142 valence electrons. The van der Waals surface area contributed by atoms with Crippen molar-refractivity contribution in [2.45, 2.75) is 77.6 Å². The van der Waals surface area contributed by atoms with Crippen molar-refractivity contribution in [2.24, 2.45) is 0 Å². The molecule has 0 fully saturated rings. The molecule has 1 N–H and O–H groups in total. The molecule has 0 aromatic carbocycles. The average Bonchev–Trinajstić information content (AvgIpc) is 2.48. The van der Waals surface area contributed by atoms with Crippen molar-refractivity contribution in [3.05, 3.63) is 12.3 Å². The molecule has 0 aliphatic rings. The molecule has 24 heavy (non-hydrogen) atoms. The molecule has 0 aliphatic heterocycles. The second-order valence-electron chi connectivity index (χ2n) is 7.64. The summed E-state index contributed by atoms with van der Waals surface area (Å²) in [5.41, 5.74) is 0. The molecule has 0 atom stereocenters. The summed E-state index contributed by atoms with van der Waals surface area (Å²) in [6.07, 6.45) is 13.0. The predicted octanol–water partition coefficient (Wildman–Crippen LogP) is 3.36. The minimum Gasteiger partial charge on any atom is -0.872 e. The van der Waals surface area contributed by atoms with Crippen LogP contribution in [0.2, 0.25) is 0 Å². The molecule has 0 saturated heterocycles. The summed E-state index contributed by atoms with van der Waals surface area (Å²) in [7, 11) is 4.04. The molecule has 0 saturated carbocycles. The van der Waals surface area contributed by atoms with Gasteiger partial charge >= 0.3 is 0 Å². The van der Waals surface area contributed by atoms with Gasteiger partial charge in [-0.05, 0) is 6.42 Å².